The molecule has 6 heteroatoms. The summed E-state index contributed by atoms with van der Waals surface area (Å²) in [6, 6.07) is 0. The Morgan fingerprint density at radius 3 is 2.50 bits per heavy atom. The van der Waals surface area contributed by atoms with Gasteiger partial charge in [0.1, 0.15) is 0 Å². The summed E-state index contributed by atoms with van der Waals surface area (Å²) in [4.78, 5) is 12.1. The van der Waals surface area contributed by atoms with Crippen LogP contribution in [0.3, 0.4) is 0 Å². The number of carbonyl (C=O) groups excluding carboxylic acids is 1. The molecule has 1 N–H and O–H groups in total. The molecule has 1 amide bonds. The van der Waals surface area contributed by atoms with Crippen LogP contribution in [0.2, 0.25) is 0 Å². The zero-order valence-electron chi connectivity index (χ0n) is 10.2. The minimum atomic E-state index is -3.45. The van der Waals surface area contributed by atoms with Crippen molar-refractivity contribution in [2.24, 2.45) is 23.7 Å². The monoisotopic (exact) mass is 271 g/mol. The Kier molecular flexibility index (Phi) is 2.04. The number of nitrogens with one attached hydrogen (secondary N) is 1. The Morgan fingerprint density at radius 2 is 1.94 bits per heavy atom. The fraction of sp³-hybridized carbons (Fsp3) is 0.917. The van der Waals surface area contributed by atoms with Crippen LogP contribution in [0.4, 0.5) is 0 Å². The van der Waals surface area contributed by atoms with Crippen LogP contribution in [-0.4, -0.2) is 31.8 Å². The maximum atomic E-state index is 12.1. The molecule has 100 valence electrons. The van der Waals surface area contributed by atoms with E-state index in [1.54, 1.807) is 0 Å². The van der Waals surface area contributed by atoms with Gasteiger partial charge < -0.3 is 4.74 Å². The predicted octanol–water partition coefficient (Wildman–Crippen LogP) is 0.264. The van der Waals surface area contributed by atoms with E-state index in [2.05, 4.69) is 4.72 Å². The molecule has 2 saturated heterocycles. The van der Waals surface area contributed by atoms with Crippen LogP contribution < -0.4 is 4.72 Å². The Bertz CT molecular complexity index is 516. The highest BCUT2D eigenvalue weighted by atomic mass is 32.2. The summed E-state index contributed by atoms with van der Waals surface area (Å²) in [6.07, 6.45) is 2.71. The molecule has 2 aliphatic heterocycles. The van der Waals surface area contributed by atoms with Crippen LogP contribution in [0, 0.1) is 23.7 Å². The smallest absolute Gasteiger partial charge is 0.239 e. The van der Waals surface area contributed by atoms with E-state index in [0.717, 1.165) is 6.42 Å². The fourth-order valence-electron chi connectivity index (χ4n) is 3.72. The van der Waals surface area contributed by atoms with Gasteiger partial charge in [-0.05, 0) is 37.0 Å². The normalized spacial score (nSPS) is 51.9. The second-order valence-corrected chi connectivity index (χ2v) is 8.21. The molecular formula is C12H17NO4S. The van der Waals surface area contributed by atoms with Crippen LogP contribution in [0.25, 0.3) is 0 Å². The molecule has 0 aromatic carbocycles. The van der Waals surface area contributed by atoms with E-state index in [1.165, 1.54) is 0 Å². The van der Waals surface area contributed by atoms with Crippen LogP contribution >= 0.6 is 0 Å². The van der Waals surface area contributed by atoms with Crippen LogP contribution in [-0.2, 0) is 19.6 Å². The molecule has 0 spiro atoms. The summed E-state index contributed by atoms with van der Waals surface area (Å²) in [6.45, 7) is 1.89. The van der Waals surface area contributed by atoms with Crippen molar-refractivity contribution in [3.63, 3.8) is 0 Å². The summed E-state index contributed by atoms with van der Waals surface area (Å²) < 4.78 is 31.8. The predicted molar refractivity (Wildman–Crippen MR) is 63.0 cm³/mol. The Labute approximate surface area is 106 Å². The molecule has 0 aromatic rings. The van der Waals surface area contributed by atoms with Gasteiger partial charge in [-0.25, -0.2) is 8.42 Å². The first-order chi connectivity index (χ1) is 8.47. The highest BCUT2D eigenvalue weighted by Crippen LogP contribution is 2.60. The van der Waals surface area contributed by atoms with E-state index in [0.29, 0.717) is 24.7 Å². The topological polar surface area (TPSA) is 72.5 Å². The van der Waals surface area contributed by atoms with E-state index in [-0.39, 0.29) is 35.2 Å². The van der Waals surface area contributed by atoms with E-state index >= 15 is 0 Å². The van der Waals surface area contributed by atoms with Gasteiger partial charge in [0, 0.05) is 0 Å². The standard InChI is InChI=1S/C12H17NO4S/c1-5-2-10(5)18(15,16)13-12(14)8-4-9-6-3-7(6)11(8)17-9/h5-11H,2-4H2,1H3,(H,13,14)/t5?,6-,7+,8-,9+,10?,11+/m1/s1. The number of sulfonamides is 1. The van der Waals surface area contributed by atoms with Crippen LogP contribution in [0.1, 0.15) is 26.2 Å². The Morgan fingerprint density at radius 1 is 1.22 bits per heavy atom. The molecule has 4 aliphatic rings. The minimum absolute atomic E-state index is 0.0215. The average Bonchev–Trinajstić information content (AvgIpc) is 3.17. The molecule has 2 unspecified atom stereocenters. The molecule has 2 aliphatic carbocycles. The van der Waals surface area contributed by atoms with Gasteiger partial charge >= 0.3 is 0 Å². The maximum absolute atomic E-state index is 12.1. The SMILES string of the molecule is CC1CC1S(=O)(=O)NC(=O)[C@@H]1C[C@@H]2O[C@H]1[C@H]1C[C@H]12. The summed E-state index contributed by atoms with van der Waals surface area (Å²) in [5.74, 6) is 0.759. The van der Waals surface area contributed by atoms with Crippen LogP contribution in [0.15, 0.2) is 0 Å². The number of hydrogen-bond acceptors (Lipinski definition) is 4. The van der Waals surface area contributed by atoms with Crippen molar-refractivity contribution < 1.29 is 17.9 Å². The van der Waals surface area contributed by atoms with E-state index in [4.69, 9.17) is 4.74 Å². The number of rotatable bonds is 3. The summed E-state index contributed by atoms with van der Waals surface area (Å²) >= 11 is 0. The van der Waals surface area contributed by atoms with Crippen LogP contribution in [0.5, 0.6) is 0 Å². The maximum Gasteiger partial charge on any atom is 0.239 e. The number of amides is 1. The average molecular weight is 271 g/mol. The lowest BCUT2D eigenvalue weighted by molar-refractivity contribution is -0.125. The van der Waals surface area contributed by atoms with Crippen molar-refractivity contribution in [3.05, 3.63) is 0 Å². The lowest BCUT2D eigenvalue weighted by Gasteiger charge is -2.18. The van der Waals surface area contributed by atoms with E-state index in [9.17, 15) is 13.2 Å². The quantitative estimate of drug-likeness (QED) is 0.799. The molecule has 0 aromatic heterocycles. The van der Waals surface area contributed by atoms with Gasteiger partial charge in [-0.15, -0.1) is 0 Å². The van der Waals surface area contributed by atoms with E-state index in [1.807, 2.05) is 6.92 Å². The molecule has 2 saturated carbocycles. The number of carbonyl (C=O) groups is 1. The fourth-order valence-corrected chi connectivity index (χ4v) is 5.47. The molecular weight excluding hydrogens is 254 g/mol. The first kappa shape index (κ1) is 11.2. The molecule has 2 heterocycles. The van der Waals surface area contributed by atoms with Crippen molar-refractivity contribution >= 4 is 15.9 Å². The third kappa shape index (κ3) is 1.48. The lowest BCUT2D eigenvalue weighted by Crippen LogP contribution is -2.41. The highest BCUT2D eigenvalue weighted by Gasteiger charge is 2.64. The molecule has 4 rings (SSSR count). The van der Waals surface area contributed by atoms with Gasteiger partial charge in [0.05, 0.1) is 23.4 Å². The van der Waals surface area contributed by atoms with Crippen molar-refractivity contribution in [3.8, 4) is 0 Å². The highest BCUT2D eigenvalue weighted by molar-refractivity contribution is 7.91. The van der Waals surface area contributed by atoms with Crippen molar-refractivity contribution in [1.29, 1.82) is 0 Å². The second-order valence-electron chi connectivity index (χ2n) is 6.31. The molecule has 18 heavy (non-hydrogen) atoms. The van der Waals surface area contributed by atoms with Crippen molar-refractivity contribution in [2.45, 2.75) is 43.6 Å². The minimum Gasteiger partial charge on any atom is -0.374 e. The zero-order chi connectivity index (χ0) is 12.7. The summed E-state index contributed by atoms with van der Waals surface area (Å²) in [5, 5.41) is -0.366. The summed E-state index contributed by atoms with van der Waals surface area (Å²) in [7, 11) is -3.45. The Balaban J connectivity index is 1.45. The first-order valence-corrected chi connectivity index (χ1v) is 8.23. The third-order valence-corrected chi connectivity index (χ3v) is 6.96. The van der Waals surface area contributed by atoms with Gasteiger partial charge in [-0.3, -0.25) is 9.52 Å². The largest absolute Gasteiger partial charge is 0.374 e. The van der Waals surface area contributed by atoms with Gasteiger partial charge in [0.2, 0.25) is 15.9 Å². The molecule has 7 atom stereocenters. The first-order valence-electron chi connectivity index (χ1n) is 6.68. The van der Waals surface area contributed by atoms with Gasteiger partial charge in [0.15, 0.2) is 0 Å². The summed E-state index contributed by atoms with van der Waals surface area (Å²) in [5.41, 5.74) is 0. The van der Waals surface area contributed by atoms with Gasteiger partial charge in [0.25, 0.3) is 0 Å². The lowest BCUT2D eigenvalue weighted by atomic mass is 9.89. The van der Waals surface area contributed by atoms with Gasteiger partial charge in [-0.1, -0.05) is 6.92 Å². The zero-order valence-corrected chi connectivity index (χ0v) is 11.0. The number of ether oxygens (including phenoxy) is 1. The van der Waals surface area contributed by atoms with Crippen molar-refractivity contribution in [1.82, 2.24) is 4.72 Å². The van der Waals surface area contributed by atoms with Gasteiger partial charge in [-0.2, -0.15) is 0 Å². The molecule has 2 bridgehead atoms. The number of fused-ring (bicyclic) bond motifs is 5. The molecule has 4 fully saturated rings. The number of hydrogen-bond donors (Lipinski definition) is 1. The third-order valence-electron chi connectivity index (χ3n) is 5.02. The second kappa shape index (κ2) is 3.28. The van der Waals surface area contributed by atoms with Crippen molar-refractivity contribution in [2.75, 3.05) is 0 Å². The molecule has 0 radical (unpaired) electrons. The molecule has 5 nitrogen and oxygen atoms in total. The van der Waals surface area contributed by atoms with E-state index < -0.39 is 10.0 Å². The Hall–Kier alpha value is -0.620.